The van der Waals surface area contributed by atoms with Crippen molar-refractivity contribution in [2.45, 2.75) is 33.1 Å². The average Bonchev–Trinajstić information content (AvgIpc) is 1.75. The summed E-state index contributed by atoms with van der Waals surface area (Å²) in [5, 5.41) is 0. The zero-order chi connectivity index (χ0) is 6.12. The first-order valence-electron chi connectivity index (χ1n) is 2.86. The maximum absolute atomic E-state index is 3.53. The van der Waals surface area contributed by atoms with Crippen LogP contribution in [0.4, 0.5) is 0 Å². The Bertz CT molecular complexity index is 11.7. The predicted molar refractivity (Wildman–Crippen MR) is 40.1 cm³/mol. The third-order valence-corrected chi connectivity index (χ3v) is 0.707. The van der Waals surface area contributed by atoms with E-state index in [2.05, 4.69) is 26.5 Å². The third kappa shape index (κ3) is 21.8. The van der Waals surface area contributed by atoms with Crippen molar-refractivity contribution >= 4 is 12.6 Å². The molecule has 0 saturated carbocycles. The molecule has 0 aromatic rings. The summed E-state index contributed by atoms with van der Waals surface area (Å²) in [6.45, 7) is 4.42. The van der Waals surface area contributed by atoms with Gasteiger partial charge in [-0.2, -0.15) is 12.6 Å². The minimum atomic E-state index is 1.34. The second-order valence-corrected chi connectivity index (χ2v) is 1.35. The number of thiol groups is 1. The van der Waals surface area contributed by atoms with Gasteiger partial charge in [0, 0.05) is 0 Å². The molecule has 0 rings (SSSR count). The first-order valence-corrected chi connectivity index (χ1v) is 3.76. The fourth-order valence-electron chi connectivity index (χ4n) is 0.354. The molecule has 7 heavy (non-hydrogen) atoms. The molecule has 0 fully saturated rings. The average molecular weight is 120 g/mol. The zero-order valence-corrected chi connectivity index (χ0v) is 6.46. The number of unbranched alkanes of at least 4 members (excludes halogenated alkanes) is 2. The van der Waals surface area contributed by atoms with Gasteiger partial charge in [0.2, 0.25) is 0 Å². The Balaban J connectivity index is 0. The van der Waals surface area contributed by atoms with Crippen LogP contribution in [0.25, 0.3) is 0 Å². The van der Waals surface area contributed by atoms with Gasteiger partial charge in [-0.1, -0.05) is 33.1 Å². The quantitative estimate of drug-likeness (QED) is 0.532. The second kappa shape index (κ2) is 16.2. The van der Waals surface area contributed by atoms with E-state index in [-0.39, 0.29) is 0 Å². The summed E-state index contributed by atoms with van der Waals surface area (Å²) in [5.41, 5.74) is 0. The summed E-state index contributed by atoms with van der Waals surface area (Å²) in [7, 11) is 0. The second-order valence-electron chi connectivity index (χ2n) is 1.35. The van der Waals surface area contributed by atoms with E-state index in [9.17, 15) is 0 Å². The van der Waals surface area contributed by atoms with Gasteiger partial charge in [-0.05, 0) is 6.26 Å². The van der Waals surface area contributed by atoms with Crippen LogP contribution < -0.4 is 0 Å². The maximum atomic E-state index is 3.53. The van der Waals surface area contributed by atoms with Crippen molar-refractivity contribution < 1.29 is 0 Å². The smallest absolute Gasteiger partial charge is 0.0215 e. The summed E-state index contributed by atoms with van der Waals surface area (Å²) in [5.74, 6) is 0. The van der Waals surface area contributed by atoms with Crippen molar-refractivity contribution in [3.8, 4) is 0 Å². The molecule has 0 aliphatic rings. The Labute approximate surface area is 52.7 Å². The standard InChI is InChI=1S/C5H12.CH4S/c1-3-5-4-2;1-2/h3-5H2,1-2H3;2H,1H3. The molecule has 0 aliphatic heterocycles. The Morgan fingerprint density at radius 1 is 1.00 bits per heavy atom. The van der Waals surface area contributed by atoms with E-state index in [0.29, 0.717) is 0 Å². The topological polar surface area (TPSA) is 0 Å². The predicted octanol–water partition coefficient (Wildman–Crippen LogP) is 2.74. The Kier molecular flexibility index (Phi) is 24.0. The van der Waals surface area contributed by atoms with Crippen LogP contribution >= 0.6 is 12.6 Å². The molecule has 0 saturated heterocycles. The van der Waals surface area contributed by atoms with E-state index >= 15 is 0 Å². The third-order valence-electron chi connectivity index (χ3n) is 0.707. The molecule has 0 heterocycles. The fraction of sp³-hybridized carbons (Fsp3) is 1.00. The monoisotopic (exact) mass is 120 g/mol. The number of hydrogen-bond acceptors (Lipinski definition) is 1. The van der Waals surface area contributed by atoms with Gasteiger partial charge >= 0.3 is 0 Å². The van der Waals surface area contributed by atoms with E-state index in [1.165, 1.54) is 19.3 Å². The molecule has 0 spiro atoms. The van der Waals surface area contributed by atoms with Crippen molar-refractivity contribution in [3.63, 3.8) is 0 Å². The molecule has 0 N–H and O–H groups in total. The molecule has 0 aromatic carbocycles. The Morgan fingerprint density at radius 2 is 1.29 bits per heavy atom. The minimum Gasteiger partial charge on any atom is -0.183 e. The lowest BCUT2D eigenvalue weighted by atomic mass is 10.3. The van der Waals surface area contributed by atoms with Crippen LogP contribution in [0.2, 0.25) is 0 Å². The fourth-order valence-corrected chi connectivity index (χ4v) is 0.354. The summed E-state index contributed by atoms with van der Waals surface area (Å²) in [4.78, 5) is 0. The summed E-state index contributed by atoms with van der Waals surface area (Å²) in [6.07, 6.45) is 5.77. The molecule has 0 aliphatic carbocycles. The summed E-state index contributed by atoms with van der Waals surface area (Å²) < 4.78 is 0. The van der Waals surface area contributed by atoms with Gasteiger partial charge in [0.25, 0.3) is 0 Å². The van der Waals surface area contributed by atoms with Crippen molar-refractivity contribution in [2.75, 3.05) is 6.26 Å². The number of rotatable bonds is 2. The highest BCUT2D eigenvalue weighted by Crippen LogP contribution is 1.88. The van der Waals surface area contributed by atoms with Gasteiger partial charge in [-0.3, -0.25) is 0 Å². The first-order chi connectivity index (χ1) is 3.41. The highest BCUT2D eigenvalue weighted by Gasteiger charge is 1.68. The van der Waals surface area contributed by atoms with E-state index in [1.807, 2.05) is 0 Å². The molecule has 0 atom stereocenters. The summed E-state index contributed by atoms with van der Waals surface area (Å²) in [6, 6.07) is 0. The Morgan fingerprint density at radius 3 is 1.29 bits per heavy atom. The zero-order valence-electron chi connectivity index (χ0n) is 5.57. The van der Waals surface area contributed by atoms with Gasteiger partial charge in [-0.25, -0.2) is 0 Å². The molecule has 0 nitrogen and oxygen atoms in total. The lowest BCUT2D eigenvalue weighted by Gasteiger charge is -1.79. The van der Waals surface area contributed by atoms with Gasteiger partial charge in [0.05, 0.1) is 0 Å². The SMILES string of the molecule is CCCCC.CS. The van der Waals surface area contributed by atoms with Crippen LogP contribution in [-0.4, -0.2) is 6.26 Å². The van der Waals surface area contributed by atoms with Crippen LogP contribution in [0.5, 0.6) is 0 Å². The maximum Gasteiger partial charge on any atom is -0.0215 e. The van der Waals surface area contributed by atoms with Gasteiger partial charge in [0.15, 0.2) is 0 Å². The molecule has 0 radical (unpaired) electrons. The minimum absolute atomic E-state index is 1.34. The van der Waals surface area contributed by atoms with E-state index < -0.39 is 0 Å². The van der Waals surface area contributed by atoms with E-state index in [0.717, 1.165) is 0 Å². The van der Waals surface area contributed by atoms with Crippen molar-refractivity contribution in [1.82, 2.24) is 0 Å². The molecule has 0 amide bonds. The molecule has 0 aromatic heterocycles. The van der Waals surface area contributed by atoms with Crippen LogP contribution in [0.1, 0.15) is 33.1 Å². The van der Waals surface area contributed by atoms with E-state index in [4.69, 9.17) is 0 Å². The molecular weight excluding hydrogens is 104 g/mol. The number of hydrogen-bond donors (Lipinski definition) is 1. The van der Waals surface area contributed by atoms with Crippen molar-refractivity contribution in [3.05, 3.63) is 0 Å². The van der Waals surface area contributed by atoms with Crippen LogP contribution in [0.15, 0.2) is 0 Å². The normalized spacial score (nSPS) is 6.86. The van der Waals surface area contributed by atoms with Crippen LogP contribution in [0, 0.1) is 0 Å². The van der Waals surface area contributed by atoms with Gasteiger partial charge in [-0.15, -0.1) is 0 Å². The van der Waals surface area contributed by atoms with E-state index in [1.54, 1.807) is 6.26 Å². The molecule has 0 unspecified atom stereocenters. The van der Waals surface area contributed by atoms with Crippen molar-refractivity contribution in [2.24, 2.45) is 0 Å². The van der Waals surface area contributed by atoms with Gasteiger partial charge in [0.1, 0.15) is 0 Å². The largest absolute Gasteiger partial charge is 0.183 e. The molecule has 0 bridgehead atoms. The lowest BCUT2D eigenvalue weighted by Crippen LogP contribution is -1.59. The van der Waals surface area contributed by atoms with Crippen molar-refractivity contribution in [1.29, 1.82) is 0 Å². The lowest BCUT2D eigenvalue weighted by molar-refractivity contribution is 0.772. The molecule has 46 valence electrons. The molecular formula is C6H16S. The highest BCUT2D eigenvalue weighted by molar-refractivity contribution is 7.79. The Hall–Kier alpha value is 0.350. The van der Waals surface area contributed by atoms with Crippen LogP contribution in [0.3, 0.4) is 0 Å². The molecule has 1 heteroatoms. The highest BCUT2D eigenvalue weighted by atomic mass is 32.1. The van der Waals surface area contributed by atoms with Crippen LogP contribution in [-0.2, 0) is 0 Å². The van der Waals surface area contributed by atoms with Gasteiger partial charge < -0.3 is 0 Å². The first kappa shape index (κ1) is 10.4. The summed E-state index contributed by atoms with van der Waals surface area (Å²) >= 11 is 3.53.